The van der Waals surface area contributed by atoms with Crippen molar-refractivity contribution in [1.82, 2.24) is 3.93 Å². The zero-order chi connectivity index (χ0) is 11.9. The van der Waals surface area contributed by atoms with E-state index in [1.807, 2.05) is 3.93 Å². The molecule has 2 rings (SSSR count). The Hall–Kier alpha value is -0.160. The van der Waals surface area contributed by atoms with Crippen LogP contribution in [-0.2, 0) is 12.8 Å². The molecule has 0 atom stereocenters. The lowest BCUT2D eigenvalue weighted by atomic mass is 10.0. The maximum absolute atomic E-state index is 9.61. The second-order valence-electron chi connectivity index (χ2n) is 3.69. The van der Waals surface area contributed by atoms with Gasteiger partial charge in [-0.2, -0.15) is 0 Å². The lowest BCUT2D eigenvalue weighted by molar-refractivity contribution is 0.403. The fourth-order valence-electron chi connectivity index (χ4n) is 1.86. The number of halogens is 3. The normalized spacial score (nSPS) is 16.9. The molecule has 6 heteroatoms. The van der Waals surface area contributed by atoms with E-state index in [4.69, 9.17) is 23.2 Å². The molecule has 1 aliphatic heterocycles. The van der Waals surface area contributed by atoms with Crippen molar-refractivity contribution in [3.8, 4) is 11.5 Å². The van der Waals surface area contributed by atoms with Crippen molar-refractivity contribution in [2.24, 2.45) is 0 Å². The summed E-state index contributed by atoms with van der Waals surface area (Å²) >= 11 is 15.4. The molecule has 1 aliphatic rings. The minimum Gasteiger partial charge on any atom is -0.503 e. The first-order chi connectivity index (χ1) is 7.52. The topological polar surface area (TPSA) is 43.7 Å². The van der Waals surface area contributed by atoms with E-state index in [9.17, 15) is 10.2 Å². The van der Waals surface area contributed by atoms with Gasteiger partial charge in [-0.15, -0.1) is 0 Å². The molecule has 0 radical (unpaired) electrons. The van der Waals surface area contributed by atoms with Gasteiger partial charge in [0.05, 0.1) is 10.0 Å². The average molecular weight is 327 g/mol. The maximum atomic E-state index is 9.61. The number of aromatic hydroxyl groups is 2. The van der Waals surface area contributed by atoms with Gasteiger partial charge in [0.15, 0.2) is 11.5 Å². The van der Waals surface area contributed by atoms with Crippen molar-refractivity contribution in [1.29, 1.82) is 0 Å². The Morgan fingerprint density at radius 1 is 0.938 bits per heavy atom. The number of phenols is 2. The van der Waals surface area contributed by atoms with Gasteiger partial charge in [-0.05, 0) is 24.0 Å². The Labute approximate surface area is 112 Å². The molecule has 1 aromatic carbocycles. The van der Waals surface area contributed by atoms with Crippen molar-refractivity contribution in [3.05, 3.63) is 21.2 Å². The van der Waals surface area contributed by atoms with Crippen molar-refractivity contribution in [3.63, 3.8) is 0 Å². The molecule has 2 N–H and O–H groups in total. The molecule has 0 saturated heterocycles. The Kier molecular flexibility index (Phi) is 3.54. The minimum atomic E-state index is -0.326. The number of benzene rings is 1. The number of fused-ring (bicyclic) bond motifs is 1. The lowest BCUT2D eigenvalue weighted by Crippen LogP contribution is -2.13. The molecule has 16 heavy (non-hydrogen) atoms. The van der Waals surface area contributed by atoms with Gasteiger partial charge in [0, 0.05) is 29.2 Å². The van der Waals surface area contributed by atoms with Crippen LogP contribution in [0.2, 0.25) is 10.0 Å². The van der Waals surface area contributed by atoms with Crippen LogP contribution in [0.25, 0.3) is 0 Å². The van der Waals surface area contributed by atoms with Crippen LogP contribution in [-0.4, -0.2) is 27.2 Å². The van der Waals surface area contributed by atoms with E-state index >= 15 is 0 Å². The van der Waals surface area contributed by atoms with E-state index in [0.717, 1.165) is 24.2 Å². The standard InChI is InChI=1S/C10H10BrCl2NO2/c11-14-3-1-5-6(2-4-14)8(13)10(16)9(15)7(5)12/h15-16H,1-4H2. The Morgan fingerprint density at radius 3 is 1.69 bits per heavy atom. The molecule has 0 amide bonds. The van der Waals surface area contributed by atoms with E-state index in [0.29, 0.717) is 12.8 Å². The van der Waals surface area contributed by atoms with Crippen LogP contribution >= 0.6 is 39.3 Å². The van der Waals surface area contributed by atoms with Crippen LogP contribution in [0.1, 0.15) is 11.1 Å². The molecule has 1 aromatic rings. The fourth-order valence-corrected chi connectivity index (χ4v) is 2.81. The number of hydrogen-bond acceptors (Lipinski definition) is 3. The molecule has 0 fully saturated rings. The largest absolute Gasteiger partial charge is 0.503 e. The van der Waals surface area contributed by atoms with Gasteiger partial charge in [0.2, 0.25) is 0 Å². The second-order valence-corrected chi connectivity index (χ2v) is 5.45. The first-order valence-electron chi connectivity index (χ1n) is 4.83. The van der Waals surface area contributed by atoms with E-state index < -0.39 is 0 Å². The molecular weight excluding hydrogens is 317 g/mol. The van der Waals surface area contributed by atoms with Gasteiger partial charge in [-0.25, -0.2) is 3.93 Å². The van der Waals surface area contributed by atoms with Crippen molar-refractivity contribution in [2.75, 3.05) is 13.1 Å². The van der Waals surface area contributed by atoms with Gasteiger partial charge in [0.25, 0.3) is 0 Å². The van der Waals surface area contributed by atoms with Crippen LogP contribution in [0.15, 0.2) is 0 Å². The molecule has 0 aromatic heterocycles. The van der Waals surface area contributed by atoms with Crippen LogP contribution in [0, 0.1) is 0 Å². The van der Waals surface area contributed by atoms with Gasteiger partial charge >= 0.3 is 0 Å². The molecular formula is C10H10BrCl2NO2. The highest BCUT2D eigenvalue weighted by Crippen LogP contribution is 2.45. The summed E-state index contributed by atoms with van der Waals surface area (Å²) in [6, 6.07) is 0. The molecule has 0 bridgehead atoms. The maximum Gasteiger partial charge on any atom is 0.178 e. The van der Waals surface area contributed by atoms with E-state index in [2.05, 4.69) is 16.1 Å². The smallest absolute Gasteiger partial charge is 0.178 e. The highest BCUT2D eigenvalue weighted by molar-refractivity contribution is 9.07. The highest BCUT2D eigenvalue weighted by atomic mass is 79.9. The molecule has 0 saturated carbocycles. The van der Waals surface area contributed by atoms with Gasteiger partial charge in [-0.3, -0.25) is 0 Å². The molecule has 3 nitrogen and oxygen atoms in total. The SMILES string of the molecule is Oc1c(O)c(Cl)c2c(c1Cl)CCN(Br)CC2. The summed E-state index contributed by atoms with van der Waals surface area (Å²) in [5, 5.41) is 19.6. The Morgan fingerprint density at radius 2 is 1.31 bits per heavy atom. The summed E-state index contributed by atoms with van der Waals surface area (Å²) in [5.74, 6) is -0.651. The summed E-state index contributed by atoms with van der Waals surface area (Å²) < 4.78 is 1.98. The third kappa shape index (κ3) is 1.99. The summed E-state index contributed by atoms with van der Waals surface area (Å²) in [5.41, 5.74) is 1.65. The van der Waals surface area contributed by atoms with Gasteiger partial charge < -0.3 is 10.2 Å². The van der Waals surface area contributed by atoms with Crippen LogP contribution in [0.4, 0.5) is 0 Å². The van der Waals surface area contributed by atoms with E-state index in [1.54, 1.807) is 0 Å². The predicted molar refractivity (Wildman–Crippen MR) is 67.7 cm³/mol. The predicted octanol–water partition coefficient (Wildman–Crippen LogP) is 3.12. The third-order valence-corrected chi connectivity index (χ3v) is 4.27. The zero-order valence-corrected chi connectivity index (χ0v) is 11.4. The second kappa shape index (κ2) is 4.61. The first-order valence-corrected chi connectivity index (χ1v) is 6.30. The molecule has 0 unspecified atom stereocenters. The third-order valence-electron chi connectivity index (χ3n) is 2.74. The minimum absolute atomic E-state index is 0.208. The summed E-state index contributed by atoms with van der Waals surface area (Å²) in [7, 11) is 0. The number of hydrogen-bond donors (Lipinski definition) is 2. The molecule has 0 aliphatic carbocycles. The number of rotatable bonds is 0. The summed E-state index contributed by atoms with van der Waals surface area (Å²) in [6.45, 7) is 1.57. The van der Waals surface area contributed by atoms with Crippen molar-refractivity contribution >= 4 is 39.3 Å². The quantitative estimate of drug-likeness (QED) is 0.568. The van der Waals surface area contributed by atoms with Crippen molar-refractivity contribution in [2.45, 2.75) is 12.8 Å². The molecule has 1 heterocycles. The summed E-state index contributed by atoms with van der Waals surface area (Å²) in [4.78, 5) is 0. The van der Waals surface area contributed by atoms with E-state index in [1.165, 1.54) is 0 Å². The summed E-state index contributed by atoms with van der Waals surface area (Å²) in [6.07, 6.45) is 1.37. The number of nitrogens with zero attached hydrogens (tertiary/aromatic N) is 1. The Balaban J connectivity index is 2.59. The van der Waals surface area contributed by atoms with Gasteiger partial charge in [-0.1, -0.05) is 23.2 Å². The Bertz CT molecular complexity index is 401. The van der Waals surface area contributed by atoms with Crippen LogP contribution in [0.5, 0.6) is 11.5 Å². The van der Waals surface area contributed by atoms with Crippen molar-refractivity contribution < 1.29 is 10.2 Å². The monoisotopic (exact) mass is 325 g/mol. The van der Waals surface area contributed by atoms with Crippen LogP contribution in [0.3, 0.4) is 0 Å². The first kappa shape index (κ1) is 12.3. The van der Waals surface area contributed by atoms with E-state index in [-0.39, 0.29) is 21.5 Å². The molecule has 0 spiro atoms. The lowest BCUT2D eigenvalue weighted by Gasteiger charge is -2.13. The average Bonchev–Trinajstić information content (AvgIpc) is 2.46. The zero-order valence-electron chi connectivity index (χ0n) is 8.30. The highest BCUT2D eigenvalue weighted by Gasteiger charge is 2.23. The fraction of sp³-hybridized carbons (Fsp3) is 0.400. The molecule has 88 valence electrons. The number of phenolic OH excluding ortho intramolecular Hbond substituents is 2. The van der Waals surface area contributed by atoms with Gasteiger partial charge in [0.1, 0.15) is 0 Å². The van der Waals surface area contributed by atoms with Crippen LogP contribution < -0.4 is 0 Å².